The number of benzene rings is 2. The Kier molecular flexibility index (Phi) is 8.65. The molecule has 2 aromatic carbocycles. The van der Waals surface area contributed by atoms with Gasteiger partial charge in [-0.3, -0.25) is 14.9 Å². The zero-order chi connectivity index (χ0) is 25.6. The molecule has 0 spiro atoms. The van der Waals surface area contributed by atoms with Gasteiger partial charge < -0.3 is 14.8 Å². The fraction of sp³-hybridized carbons (Fsp3) is 0.364. The SMILES string of the molecule is COc1ccc(C(=O)OCC(=O)Nc2cc(S(=O)(=O)N3CCCCCC3)ccc2Cl)cc1[N+](=O)[O-]. The number of amides is 1. The highest BCUT2D eigenvalue weighted by molar-refractivity contribution is 7.89. The summed E-state index contributed by atoms with van der Waals surface area (Å²) in [7, 11) is -2.51. The lowest BCUT2D eigenvalue weighted by molar-refractivity contribution is -0.385. The lowest BCUT2D eigenvalue weighted by Crippen LogP contribution is -2.32. The van der Waals surface area contributed by atoms with Crippen LogP contribution >= 0.6 is 11.6 Å². The Labute approximate surface area is 207 Å². The summed E-state index contributed by atoms with van der Waals surface area (Å²) in [4.78, 5) is 35.0. The molecule has 0 aliphatic carbocycles. The quantitative estimate of drug-likeness (QED) is 0.312. The van der Waals surface area contributed by atoms with Crippen molar-refractivity contribution in [2.75, 3.05) is 32.1 Å². The maximum atomic E-state index is 13.0. The molecule has 1 saturated heterocycles. The first kappa shape index (κ1) is 26.4. The molecule has 188 valence electrons. The number of rotatable bonds is 8. The summed E-state index contributed by atoms with van der Waals surface area (Å²) in [6.45, 7) is 0.121. The maximum Gasteiger partial charge on any atom is 0.338 e. The summed E-state index contributed by atoms with van der Waals surface area (Å²) in [5, 5.41) is 13.7. The highest BCUT2D eigenvalue weighted by Crippen LogP contribution is 2.29. The molecule has 35 heavy (non-hydrogen) atoms. The van der Waals surface area contributed by atoms with Gasteiger partial charge in [-0.2, -0.15) is 4.31 Å². The van der Waals surface area contributed by atoms with Crippen LogP contribution in [-0.2, 0) is 19.6 Å². The van der Waals surface area contributed by atoms with E-state index >= 15 is 0 Å². The minimum atomic E-state index is -3.77. The molecule has 1 amide bonds. The van der Waals surface area contributed by atoms with Crippen LogP contribution in [0.3, 0.4) is 0 Å². The second-order valence-corrected chi connectivity index (χ2v) is 10.1. The molecule has 0 bridgehead atoms. The number of anilines is 1. The number of nitrogens with zero attached hydrogens (tertiary/aromatic N) is 2. The third-order valence-corrected chi connectivity index (χ3v) is 7.58. The van der Waals surface area contributed by atoms with Gasteiger partial charge >= 0.3 is 11.7 Å². The van der Waals surface area contributed by atoms with E-state index in [9.17, 15) is 28.1 Å². The summed E-state index contributed by atoms with van der Waals surface area (Å²) in [6.07, 6.45) is 3.49. The highest BCUT2D eigenvalue weighted by atomic mass is 35.5. The van der Waals surface area contributed by atoms with Crippen LogP contribution in [0.2, 0.25) is 5.02 Å². The number of methoxy groups -OCH3 is 1. The molecule has 0 unspecified atom stereocenters. The molecular weight excluding hydrogens is 502 g/mol. The van der Waals surface area contributed by atoms with Gasteiger partial charge in [0.05, 0.1) is 33.2 Å². The van der Waals surface area contributed by atoms with Crippen molar-refractivity contribution in [3.8, 4) is 5.75 Å². The minimum Gasteiger partial charge on any atom is -0.490 e. The van der Waals surface area contributed by atoms with Crippen LogP contribution in [0.25, 0.3) is 0 Å². The van der Waals surface area contributed by atoms with Gasteiger partial charge in [0.15, 0.2) is 12.4 Å². The average Bonchev–Trinajstić information content (AvgIpc) is 3.13. The second kappa shape index (κ2) is 11.5. The van der Waals surface area contributed by atoms with Gasteiger partial charge in [-0.05, 0) is 43.2 Å². The first-order chi connectivity index (χ1) is 16.6. The number of esters is 1. The van der Waals surface area contributed by atoms with Crippen molar-refractivity contribution in [1.82, 2.24) is 4.31 Å². The first-order valence-electron chi connectivity index (χ1n) is 10.7. The van der Waals surface area contributed by atoms with Gasteiger partial charge in [-0.25, -0.2) is 13.2 Å². The van der Waals surface area contributed by atoms with Gasteiger partial charge in [0.1, 0.15) is 0 Å². The molecule has 13 heteroatoms. The molecule has 1 fully saturated rings. The number of halogens is 1. The minimum absolute atomic E-state index is 0.0124. The van der Waals surface area contributed by atoms with Crippen LogP contribution in [0, 0.1) is 10.1 Å². The molecule has 1 N–H and O–H groups in total. The Morgan fingerprint density at radius 1 is 1.11 bits per heavy atom. The maximum absolute atomic E-state index is 13.0. The highest BCUT2D eigenvalue weighted by Gasteiger charge is 2.26. The van der Waals surface area contributed by atoms with E-state index in [1.807, 2.05) is 0 Å². The van der Waals surface area contributed by atoms with Gasteiger partial charge in [0.25, 0.3) is 5.91 Å². The fourth-order valence-electron chi connectivity index (χ4n) is 3.55. The average molecular weight is 526 g/mol. The molecule has 3 rings (SSSR count). The molecular formula is C22H24ClN3O8S. The number of nitro benzene ring substituents is 1. The van der Waals surface area contributed by atoms with E-state index in [2.05, 4.69) is 5.32 Å². The number of ether oxygens (including phenoxy) is 2. The van der Waals surface area contributed by atoms with E-state index < -0.39 is 39.1 Å². The largest absolute Gasteiger partial charge is 0.490 e. The molecule has 0 radical (unpaired) electrons. The predicted molar refractivity (Wildman–Crippen MR) is 127 cm³/mol. The molecule has 0 saturated carbocycles. The van der Waals surface area contributed by atoms with Crippen molar-refractivity contribution in [2.24, 2.45) is 0 Å². The zero-order valence-electron chi connectivity index (χ0n) is 18.9. The molecule has 2 aromatic rings. The lowest BCUT2D eigenvalue weighted by atomic mass is 10.2. The van der Waals surface area contributed by atoms with Crippen LogP contribution in [0.5, 0.6) is 5.75 Å². The third kappa shape index (κ3) is 6.47. The number of hydrogen-bond donors (Lipinski definition) is 1. The van der Waals surface area contributed by atoms with Crippen molar-refractivity contribution in [3.05, 3.63) is 57.1 Å². The van der Waals surface area contributed by atoms with Crippen molar-refractivity contribution < 1.29 is 32.4 Å². The van der Waals surface area contributed by atoms with Crippen LogP contribution in [0.1, 0.15) is 36.0 Å². The van der Waals surface area contributed by atoms with E-state index in [1.54, 1.807) is 0 Å². The van der Waals surface area contributed by atoms with Gasteiger partial charge in [0.2, 0.25) is 10.0 Å². The van der Waals surface area contributed by atoms with Gasteiger partial charge in [0, 0.05) is 19.2 Å². The summed E-state index contributed by atoms with van der Waals surface area (Å²) >= 11 is 6.13. The molecule has 0 atom stereocenters. The number of nitrogens with one attached hydrogen (secondary N) is 1. The van der Waals surface area contributed by atoms with E-state index in [-0.39, 0.29) is 26.9 Å². The van der Waals surface area contributed by atoms with Crippen molar-refractivity contribution in [2.45, 2.75) is 30.6 Å². The van der Waals surface area contributed by atoms with Crippen molar-refractivity contribution >= 4 is 44.9 Å². The monoisotopic (exact) mass is 525 g/mol. The Balaban J connectivity index is 1.68. The van der Waals surface area contributed by atoms with Crippen LogP contribution in [0.4, 0.5) is 11.4 Å². The smallest absolute Gasteiger partial charge is 0.338 e. The normalized spacial score (nSPS) is 14.6. The van der Waals surface area contributed by atoms with Crippen LogP contribution < -0.4 is 10.1 Å². The first-order valence-corrected chi connectivity index (χ1v) is 12.5. The standard InChI is InChI=1S/C22H24ClN3O8S/c1-33-20-9-6-15(12-19(20)26(29)30)22(28)34-14-21(27)24-18-13-16(7-8-17(18)23)35(31,32)25-10-4-2-3-5-11-25/h6-9,12-13H,2-5,10-11,14H2,1H3,(H,24,27). The zero-order valence-corrected chi connectivity index (χ0v) is 20.4. The summed E-state index contributed by atoms with van der Waals surface area (Å²) in [5.41, 5.74) is -0.529. The number of carbonyl (C=O) groups is 2. The Hall–Kier alpha value is -3.22. The summed E-state index contributed by atoms with van der Waals surface area (Å²) in [6, 6.07) is 7.48. The number of nitro groups is 1. The van der Waals surface area contributed by atoms with Gasteiger partial charge in [-0.15, -0.1) is 0 Å². The van der Waals surface area contributed by atoms with Crippen molar-refractivity contribution in [1.29, 1.82) is 0 Å². The molecule has 1 aliphatic heterocycles. The van der Waals surface area contributed by atoms with Crippen LogP contribution in [-0.4, -0.2) is 56.3 Å². The number of sulfonamides is 1. The number of hydrogen-bond acceptors (Lipinski definition) is 8. The third-order valence-electron chi connectivity index (χ3n) is 5.36. The van der Waals surface area contributed by atoms with E-state index in [1.165, 1.54) is 41.7 Å². The van der Waals surface area contributed by atoms with E-state index in [0.29, 0.717) is 13.1 Å². The predicted octanol–water partition coefficient (Wildman–Crippen LogP) is 3.62. The van der Waals surface area contributed by atoms with E-state index in [4.69, 9.17) is 21.1 Å². The summed E-state index contributed by atoms with van der Waals surface area (Å²) in [5.74, 6) is -1.77. The number of carbonyl (C=O) groups excluding carboxylic acids is 2. The molecule has 0 aromatic heterocycles. The van der Waals surface area contributed by atoms with Crippen molar-refractivity contribution in [3.63, 3.8) is 0 Å². The molecule has 11 nitrogen and oxygen atoms in total. The Morgan fingerprint density at radius 2 is 1.80 bits per heavy atom. The second-order valence-electron chi connectivity index (χ2n) is 7.73. The fourth-order valence-corrected chi connectivity index (χ4v) is 5.26. The Bertz CT molecular complexity index is 1230. The van der Waals surface area contributed by atoms with Gasteiger partial charge in [-0.1, -0.05) is 24.4 Å². The topological polar surface area (TPSA) is 145 Å². The Morgan fingerprint density at radius 3 is 2.43 bits per heavy atom. The summed E-state index contributed by atoms with van der Waals surface area (Å²) < 4.78 is 37.3. The van der Waals surface area contributed by atoms with E-state index in [0.717, 1.165) is 31.7 Å². The van der Waals surface area contributed by atoms with Crippen LogP contribution in [0.15, 0.2) is 41.3 Å². The molecule has 1 aliphatic rings. The lowest BCUT2D eigenvalue weighted by Gasteiger charge is -2.20. The molecule has 1 heterocycles.